The van der Waals surface area contributed by atoms with Gasteiger partial charge in [0.25, 0.3) is 5.69 Å². The maximum absolute atomic E-state index is 13.0. The molecule has 1 aromatic heterocycles. The number of halogens is 3. The fourth-order valence-electron chi connectivity index (χ4n) is 2.15. The molecule has 0 aliphatic carbocycles. The largest absolute Gasteiger partial charge is 0.513 e. The molecule has 0 radical (unpaired) electrons. The van der Waals surface area contributed by atoms with E-state index in [9.17, 15) is 28.1 Å². The van der Waals surface area contributed by atoms with Crippen LogP contribution in [0.25, 0.3) is 0 Å². The SMILES string of the molecule is COc1ncc(C(C)COC(=O)Oc2ccc([N+](=O)[O-])cc2)cc1C(F)(F)F. The van der Waals surface area contributed by atoms with Crippen molar-refractivity contribution in [3.63, 3.8) is 0 Å². The summed E-state index contributed by atoms with van der Waals surface area (Å²) in [7, 11) is 1.08. The van der Waals surface area contributed by atoms with E-state index in [0.717, 1.165) is 25.3 Å². The Hall–Kier alpha value is -3.37. The summed E-state index contributed by atoms with van der Waals surface area (Å²) in [6, 6.07) is 5.60. The van der Waals surface area contributed by atoms with E-state index in [-0.39, 0.29) is 23.6 Å². The molecule has 0 spiro atoms. The average Bonchev–Trinajstić information content (AvgIpc) is 2.65. The van der Waals surface area contributed by atoms with Gasteiger partial charge in [-0.2, -0.15) is 13.2 Å². The van der Waals surface area contributed by atoms with Crippen LogP contribution >= 0.6 is 0 Å². The molecule has 1 aromatic carbocycles. The van der Waals surface area contributed by atoms with Gasteiger partial charge < -0.3 is 14.2 Å². The fourth-order valence-corrected chi connectivity index (χ4v) is 2.15. The highest BCUT2D eigenvalue weighted by Crippen LogP contribution is 2.36. The predicted molar refractivity (Wildman–Crippen MR) is 89.3 cm³/mol. The lowest BCUT2D eigenvalue weighted by atomic mass is 10.0. The van der Waals surface area contributed by atoms with E-state index in [2.05, 4.69) is 9.72 Å². The predicted octanol–water partition coefficient (Wildman–Crippen LogP) is 4.34. The molecule has 1 unspecified atom stereocenters. The first kappa shape index (κ1) is 20.9. The number of aromatic nitrogens is 1. The van der Waals surface area contributed by atoms with Crippen molar-refractivity contribution >= 4 is 11.8 Å². The van der Waals surface area contributed by atoms with Gasteiger partial charge in [0.1, 0.15) is 17.9 Å². The minimum atomic E-state index is -4.65. The number of rotatable bonds is 6. The normalized spacial score (nSPS) is 12.2. The van der Waals surface area contributed by atoms with Crippen LogP contribution in [-0.2, 0) is 10.9 Å². The molecule has 0 saturated carbocycles. The Morgan fingerprint density at radius 1 is 1.29 bits per heavy atom. The topological polar surface area (TPSA) is 101 Å². The number of methoxy groups -OCH3 is 1. The first-order chi connectivity index (χ1) is 13.1. The second kappa shape index (κ2) is 8.55. The molecule has 28 heavy (non-hydrogen) atoms. The quantitative estimate of drug-likeness (QED) is 0.308. The molecule has 0 N–H and O–H groups in total. The summed E-state index contributed by atoms with van der Waals surface area (Å²) in [5.74, 6) is -1.14. The third kappa shape index (κ3) is 5.32. The monoisotopic (exact) mass is 400 g/mol. The Morgan fingerprint density at radius 3 is 2.46 bits per heavy atom. The minimum Gasteiger partial charge on any atom is -0.481 e. The van der Waals surface area contributed by atoms with Gasteiger partial charge in [0.2, 0.25) is 5.88 Å². The lowest BCUT2D eigenvalue weighted by Gasteiger charge is -2.16. The number of carbonyl (C=O) groups excluding carboxylic acids is 1. The number of carbonyl (C=O) groups is 1. The highest BCUT2D eigenvalue weighted by molar-refractivity contribution is 5.64. The molecule has 8 nitrogen and oxygen atoms in total. The first-order valence-electron chi connectivity index (χ1n) is 7.82. The summed E-state index contributed by atoms with van der Waals surface area (Å²) in [6.45, 7) is 1.28. The van der Waals surface area contributed by atoms with Crippen LogP contribution in [0.3, 0.4) is 0 Å². The van der Waals surface area contributed by atoms with Crippen LogP contribution in [0.1, 0.15) is 24.0 Å². The van der Waals surface area contributed by atoms with Crippen LogP contribution in [0.2, 0.25) is 0 Å². The van der Waals surface area contributed by atoms with E-state index in [4.69, 9.17) is 9.47 Å². The second-order valence-electron chi connectivity index (χ2n) is 5.64. The summed E-state index contributed by atoms with van der Waals surface area (Å²) in [5.41, 5.74) is -1.02. The molecule has 150 valence electrons. The highest BCUT2D eigenvalue weighted by atomic mass is 19.4. The lowest BCUT2D eigenvalue weighted by molar-refractivity contribution is -0.384. The summed E-state index contributed by atoms with van der Waals surface area (Å²) < 4.78 is 53.5. The zero-order chi connectivity index (χ0) is 20.9. The van der Waals surface area contributed by atoms with Crippen molar-refractivity contribution in [3.05, 3.63) is 57.8 Å². The first-order valence-corrected chi connectivity index (χ1v) is 7.82. The van der Waals surface area contributed by atoms with Crippen LogP contribution < -0.4 is 9.47 Å². The Kier molecular flexibility index (Phi) is 6.39. The molecule has 11 heteroatoms. The van der Waals surface area contributed by atoms with Gasteiger partial charge in [-0.25, -0.2) is 9.78 Å². The number of nitrogens with zero attached hydrogens (tertiary/aromatic N) is 2. The summed E-state index contributed by atoms with van der Waals surface area (Å²) in [5, 5.41) is 10.6. The second-order valence-corrected chi connectivity index (χ2v) is 5.64. The van der Waals surface area contributed by atoms with Crippen molar-refractivity contribution in [3.8, 4) is 11.6 Å². The molecular weight excluding hydrogens is 385 g/mol. The number of benzene rings is 1. The van der Waals surface area contributed by atoms with E-state index >= 15 is 0 Å². The molecule has 0 bridgehead atoms. The number of ether oxygens (including phenoxy) is 3. The molecule has 0 fully saturated rings. The third-order valence-electron chi connectivity index (χ3n) is 3.64. The van der Waals surface area contributed by atoms with E-state index in [0.29, 0.717) is 0 Å². The maximum Gasteiger partial charge on any atom is 0.513 e. The van der Waals surface area contributed by atoms with E-state index in [1.54, 1.807) is 6.92 Å². The minimum absolute atomic E-state index is 0.0220. The van der Waals surface area contributed by atoms with Crippen LogP contribution in [-0.4, -0.2) is 29.8 Å². The van der Waals surface area contributed by atoms with Gasteiger partial charge in [-0.15, -0.1) is 0 Å². The van der Waals surface area contributed by atoms with Crippen LogP contribution in [0.4, 0.5) is 23.7 Å². The van der Waals surface area contributed by atoms with Crippen molar-refractivity contribution in [2.24, 2.45) is 0 Å². The molecule has 0 aliphatic heterocycles. The van der Waals surface area contributed by atoms with Crippen molar-refractivity contribution in [1.82, 2.24) is 4.98 Å². The molecule has 0 aliphatic rings. The molecule has 2 rings (SSSR count). The number of nitro groups is 1. The molecule has 0 saturated heterocycles. The number of hydrogen-bond acceptors (Lipinski definition) is 7. The van der Waals surface area contributed by atoms with Gasteiger partial charge in [0, 0.05) is 24.2 Å². The van der Waals surface area contributed by atoms with Gasteiger partial charge in [-0.3, -0.25) is 10.1 Å². The summed E-state index contributed by atoms with van der Waals surface area (Å²) in [4.78, 5) is 25.3. The lowest BCUT2D eigenvalue weighted by Crippen LogP contribution is -2.16. The van der Waals surface area contributed by atoms with Gasteiger partial charge in [0.15, 0.2) is 0 Å². The van der Waals surface area contributed by atoms with Crippen molar-refractivity contribution < 1.29 is 37.1 Å². The van der Waals surface area contributed by atoms with Gasteiger partial charge in [-0.05, 0) is 23.8 Å². The molecule has 1 heterocycles. The summed E-state index contributed by atoms with van der Waals surface area (Å²) >= 11 is 0. The number of alkyl halides is 3. The van der Waals surface area contributed by atoms with E-state index in [1.807, 2.05) is 0 Å². The van der Waals surface area contributed by atoms with E-state index < -0.39 is 34.6 Å². The third-order valence-corrected chi connectivity index (χ3v) is 3.64. The highest BCUT2D eigenvalue weighted by Gasteiger charge is 2.36. The van der Waals surface area contributed by atoms with Crippen LogP contribution in [0.15, 0.2) is 36.5 Å². The summed E-state index contributed by atoms with van der Waals surface area (Å²) in [6.07, 6.45) is -4.55. The Morgan fingerprint density at radius 2 is 1.93 bits per heavy atom. The Balaban J connectivity index is 1.98. The number of nitro benzene ring substituents is 1. The van der Waals surface area contributed by atoms with Gasteiger partial charge >= 0.3 is 12.3 Å². The number of hydrogen-bond donors (Lipinski definition) is 0. The Bertz CT molecular complexity index is 855. The average molecular weight is 400 g/mol. The van der Waals surface area contributed by atoms with Crippen LogP contribution in [0, 0.1) is 10.1 Å². The number of non-ortho nitro benzene ring substituents is 1. The molecule has 2 aromatic rings. The zero-order valence-corrected chi connectivity index (χ0v) is 14.7. The number of pyridine rings is 1. The maximum atomic E-state index is 13.0. The van der Waals surface area contributed by atoms with Crippen LogP contribution in [0.5, 0.6) is 11.6 Å². The molecular formula is C17H15F3N2O6. The van der Waals surface area contributed by atoms with Crippen molar-refractivity contribution in [2.45, 2.75) is 19.0 Å². The van der Waals surface area contributed by atoms with E-state index in [1.165, 1.54) is 18.3 Å². The Labute approximate surface area is 157 Å². The fraction of sp³-hybridized carbons (Fsp3) is 0.294. The van der Waals surface area contributed by atoms with Gasteiger partial charge in [-0.1, -0.05) is 6.92 Å². The van der Waals surface area contributed by atoms with Crippen molar-refractivity contribution in [2.75, 3.05) is 13.7 Å². The van der Waals surface area contributed by atoms with Gasteiger partial charge in [0.05, 0.1) is 12.0 Å². The smallest absolute Gasteiger partial charge is 0.481 e. The molecule has 1 atom stereocenters. The van der Waals surface area contributed by atoms with Crippen molar-refractivity contribution in [1.29, 1.82) is 0 Å². The molecule has 0 amide bonds. The standard InChI is InChI=1S/C17H15F3N2O6/c1-10(11-7-14(17(18,19)20)15(26-2)21-8-11)9-27-16(23)28-13-5-3-12(4-6-13)22(24)25/h3-8,10H,9H2,1-2H3. The zero-order valence-electron chi connectivity index (χ0n) is 14.7.